The molecule has 2 aromatic rings. The van der Waals surface area contributed by atoms with Crippen LogP contribution in [-0.2, 0) is 0 Å². The third kappa shape index (κ3) is 5.11. The molecule has 0 aromatic carbocycles. The van der Waals surface area contributed by atoms with Crippen molar-refractivity contribution in [3.05, 3.63) is 48.4 Å². The number of thioether (sulfide) groups is 1. The Morgan fingerprint density at radius 2 is 2.15 bits per heavy atom. The summed E-state index contributed by atoms with van der Waals surface area (Å²) in [5.41, 5.74) is 0.632. The molecule has 2 aromatic heterocycles. The molecule has 7 heteroatoms. The standard InChI is InChI=1S/C19H24N4O2S/c1-26-12-9-21-18-5-4-15(13-22-18)19(24)23-10-6-16(7-11-23)25-17-3-2-8-20-14-17/h2-5,8,13-14,16H,6-7,9-12H2,1H3,(H,21,22). The molecule has 0 unspecified atom stereocenters. The molecule has 1 N–H and O–H groups in total. The van der Waals surface area contributed by atoms with Gasteiger partial charge < -0.3 is 15.0 Å². The first-order valence-corrected chi connectivity index (χ1v) is 10.2. The molecule has 1 amide bonds. The van der Waals surface area contributed by atoms with E-state index in [0.717, 1.165) is 36.7 Å². The number of carbonyl (C=O) groups is 1. The topological polar surface area (TPSA) is 67.4 Å². The molecule has 0 spiro atoms. The van der Waals surface area contributed by atoms with Gasteiger partial charge in [0.25, 0.3) is 5.91 Å². The van der Waals surface area contributed by atoms with Crippen molar-refractivity contribution in [2.24, 2.45) is 0 Å². The summed E-state index contributed by atoms with van der Waals surface area (Å²) in [6.07, 6.45) is 8.95. The van der Waals surface area contributed by atoms with Gasteiger partial charge in [-0.25, -0.2) is 4.98 Å². The van der Waals surface area contributed by atoms with Crippen LogP contribution in [0, 0.1) is 0 Å². The number of rotatable bonds is 7. The third-order valence-corrected chi connectivity index (χ3v) is 4.90. The van der Waals surface area contributed by atoms with Crippen molar-refractivity contribution in [3.63, 3.8) is 0 Å². The Morgan fingerprint density at radius 1 is 1.31 bits per heavy atom. The molecule has 26 heavy (non-hydrogen) atoms. The van der Waals surface area contributed by atoms with Crippen LogP contribution in [0.2, 0.25) is 0 Å². The predicted molar refractivity (Wildman–Crippen MR) is 105 cm³/mol. The highest BCUT2D eigenvalue weighted by molar-refractivity contribution is 7.98. The van der Waals surface area contributed by atoms with E-state index < -0.39 is 0 Å². The number of carbonyl (C=O) groups excluding carboxylic acids is 1. The number of nitrogens with one attached hydrogen (secondary N) is 1. The highest BCUT2D eigenvalue weighted by atomic mass is 32.2. The van der Waals surface area contributed by atoms with Gasteiger partial charge in [-0.3, -0.25) is 9.78 Å². The second kappa shape index (κ2) is 9.43. The van der Waals surface area contributed by atoms with Gasteiger partial charge in [0.1, 0.15) is 17.7 Å². The molecule has 3 rings (SSSR count). The zero-order chi connectivity index (χ0) is 18.2. The van der Waals surface area contributed by atoms with E-state index in [1.54, 1.807) is 30.4 Å². The van der Waals surface area contributed by atoms with Crippen LogP contribution in [0.3, 0.4) is 0 Å². The van der Waals surface area contributed by atoms with E-state index in [4.69, 9.17) is 4.74 Å². The number of hydrogen-bond donors (Lipinski definition) is 1. The van der Waals surface area contributed by atoms with Crippen molar-refractivity contribution in [3.8, 4) is 5.75 Å². The van der Waals surface area contributed by atoms with Gasteiger partial charge >= 0.3 is 0 Å². The molecular formula is C19H24N4O2S. The fourth-order valence-corrected chi connectivity index (χ4v) is 3.18. The fourth-order valence-electron chi connectivity index (χ4n) is 2.87. The largest absolute Gasteiger partial charge is 0.489 e. The van der Waals surface area contributed by atoms with Crippen molar-refractivity contribution in [2.45, 2.75) is 18.9 Å². The maximum atomic E-state index is 12.6. The molecule has 1 saturated heterocycles. The van der Waals surface area contributed by atoms with Crippen LogP contribution in [0.25, 0.3) is 0 Å². The number of piperidine rings is 1. The van der Waals surface area contributed by atoms with Crippen LogP contribution in [0.4, 0.5) is 5.82 Å². The van der Waals surface area contributed by atoms with Crippen molar-refractivity contribution >= 4 is 23.5 Å². The highest BCUT2D eigenvalue weighted by Crippen LogP contribution is 2.19. The number of nitrogens with zero attached hydrogens (tertiary/aromatic N) is 3. The van der Waals surface area contributed by atoms with Gasteiger partial charge in [0.05, 0.1) is 11.8 Å². The van der Waals surface area contributed by atoms with Gasteiger partial charge in [0.15, 0.2) is 0 Å². The number of aromatic nitrogens is 2. The van der Waals surface area contributed by atoms with Gasteiger partial charge in [-0.05, 0) is 30.5 Å². The predicted octanol–water partition coefficient (Wildman–Crippen LogP) is 2.94. The van der Waals surface area contributed by atoms with Crippen LogP contribution in [-0.4, -0.2) is 58.5 Å². The third-order valence-electron chi connectivity index (χ3n) is 4.29. The monoisotopic (exact) mass is 372 g/mol. The second-order valence-corrected chi connectivity index (χ2v) is 7.14. The van der Waals surface area contributed by atoms with E-state index in [9.17, 15) is 4.79 Å². The maximum absolute atomic E-state index is 12.6. The summed E-state index contributed by atoms with van der Waals surface area (Å²) >= 11 is 1.78. The Kier molecular flexibility index (Phi) is 6.71. The van der Waals surface area contributed by atoms with E-state index >= 15 is 0 Å². The molecule has 0 saturated carbocycles. The molecule has 0 radical (unpaired) electrons. The van der Waals surface area contributed by atoms with Crippen LogP contribution >= 0.6 is 11.8 Å². The first kappa shape index (κ1) is 18.5. The zero-order valence-electron chi connectivity index (χ0n) is 14.9. The summed E-state index contributed by atoms with van der Waals surface area (Å²) in [6.45, 7) is 2.25. The lowest BCUT2D eigenvalue weighted by Gasteiger charge is -2.32. The number of pyridine rings is 2. The van der Waals surface area contributed by atoms with Gasteiger partial charge in [-0.1, -0.05) is 0 Å². The molecule has 1 aliphatic rings. The zero-order valence-corrected chi connectivity index (χ0v) is 15.7. The number of likely N-dealkylation sites (tertiary alicyclic amines) is 1. The Balaban J connectivity index is 1.48. The molecule has 0 atom stereocenters. The quantitative estimate of drug-likeness (QED) is 0.754. The Morgan fingerprint density at radius 3 is 2.81 bits per heavy atom. The summed E-state index contributed by atoms with van der Waals surface area (Å²) in [5.74, 6) is 2.65. The molecule has 6 nitrogen and oxygen atoms in total. The van der Waals surface area contributed by atoms with Crippen LogP contribution in [0.1, 0.15) is 23.2 Å². The summed E-state index contributed by atoms with van der Waals surface area (Å²) < 4.78 is 5.93. The molecule has 0 bridgehead atoms. The summed E-state index contributed by atoms with van der Waals surface area (Å²) in [5, 5.41) is 3.24. The summed E-state index contributed by atoms with van der Waals surface area (Å²) in [7, 11) is 0. The fraction of sp³-hybridized carbons (Fsp3) is 0.421. The molecule has 1 fully saturated rings. The van der Waals surface area contributed by atoms with Crippen LogP contribution in [0.15, 0.2) is 42.9 Å². The minimum atomic E-state index is 0.0352. The minimum Gasteiger partial charge on any atom is -0.489 e. The lowest BCUT2D eigenvalue weighted by atomic mass is 10.1. The van der Waals surface area contributed by atoms with E-state index in [2.05, 4.69) is 21.5 Å². The van der Waals surface area contributed by atoms with E-state index in [1.807, 2.05) is 29.2 Å². The van der Waals surface area contributed by atoms with Gasteiger partial charge in [-0.2, -0.15) is 11.8 Å². The highest BCUT2D eigenvalue weighted by Gasteiger charge is 2.24. The lowest BCUT2D eigenvalue weighted by Crippen LogP contribution is -2.41. The van der Waals surface area contributed by atoms with Crippen molar-refractivity contribution in [1.82, 2.24) is 14.9 Å². The normalized spacial score (nSPS) is 14.9. The van der Waals surface area contributed by atoms with Gasteiger partial charge in [-0.15, -0.1) is 0 Å². The number of anilines is 1. The first-order valence-electron chi connectivity index (χ1n) is 8.81. The summed E-state index contributed by atoms with van der Waals surface area (Å²) in [4.78, 5) is 22.9. The Labute approximate surface area is 158 Å². The molecule has 138 valence electrons. The maximum Gasteiger partial charge on any atom is 0.255 e. The average Bonchev–Trinajstić information content (AvgIpc) is 2.70. The molecule has 3 heterocycles. The van der Waals surface area contributed by atoms with E-state index in [1.165, 1.54) is 0 Å². The van der Waals surface area contributed by atoms with Crippen LogP contribution in [0.5, 0.6) is 5.75 Å². The van der Waals surface area contributed by atoms with Crippen molar-refractivity contribution < 1.29 is 9.53 Å². The average molecular weight is 372 g/mol. The second-order valence-electron chi connectivity index (χ2n) is 6.15. The first-order chi connectivity index (χ1) is 12.8. The Hall–Kier alpha value is -2.28. The number of amides is 1. The molecule has 0 aliphatic carbocycles. The smallest absolute Gasteiger partial charge is 0.255 e. The van der Waals surface area contributed by atoms with E-state index in [-0.39, 0.29) is 12.0 Å². The molecular weight excluding hydrogens is 348 g/mol. The lowest BCUT2D eigenvalue weighted by molar-refractivity contribution is 0.0594. The van der Waals surface area contributed by atoms with E-state index in [0.29, 0.717) is 18.7 Å². The van der Waals surface area contributed by atoms with Gasteiger partial charge in [0.2, 0.25) is 0 Å². The number of ether oxygens (including phenoxy) is 1. The van der Waals surface area contributed by atoms with Crippen molar-refractivity contribution in [1.29, 1.82) is 0 Å². The van der Waals surface area contributed by atoms with Crippen LogP contribution < -0.4 is 10.1 Å². The summed E-state index contributed by atoms with van der Waals surface area (Å²) in [6, 6.07) is 7.48. The Bertz CT molecular complexity index is 688. The molecule has 1 aliphatic heterocycles. The van der Waals surface area contributed by atoms with Gasteiger partial charge in [0, 0.05) is 50.6 Å². The van der Waals surface area contributed by atoms with Crippen molar-refractivity contribution in [2.75, 3.05) is 37.0 Å². The SMILES string of the molecule is CSCCNc1ccc(C(=O)N2CCC(Oc3cccnc3)CC2)cn1. The minimum absolute atomic E-state index is 0.0352. The number of hydrogen-bond acceptors (Lipinski definition) is 6.